The predicted octanol–water partition coefficient (Wildman–Crippen LogP) is 3.47. The lowest BCUT2D eigenvalue weighted by Crippen LogP contribution is -2.31. The monoisotopic (exact) mass is 313 g/mol. The lowest BCUT2D eigenvalue weighted by molar-refractivity contribution is -0.131. The molecule has 2 rings (SSSR count). The fourth-order valence-corrected chi connectivity index (χ4v) is 2.48. The van der Waals surface area contributed by atoms with Gasteiger partial charge in [-0.2, -0.15) is 0 Å². The van der Waals surface area contributed by atoms with Crippen molar-refractivity contribution in [2.45, 2.75) is 19.4 Å². The van der Waals surface area contributed by atoms with E-state index in [0.717, 1.165) is 11.1 Å². The van der Waals surface area contributed by atoms with Crippen LogP contribution in [-0.4, -0.2) is 32.1 Å². The summed E-state index contributed by atoms with van der Waals surface area (Å²) >= 11 is 0. The van der Waals surface area contributed by atoms with E-state index in [2.05, 4.69) is 0 Å². The Balaban J connectivity index is 2.15. The second kappa shape index (κ2) is 7.68. The van der Waals surface area contributed by atoms with Crippen LogP contribution >= 0.6 is 0 Å². The number of ether oxygens (including phenoxy) is 2. The lowest BCUT2D eigenvalue weighted by Gasteiger charge is -2.26. The van der Waals surface area contributed by atoms with Gasteiger partial charge in [0.1, 0.15) is 11.5 Å². The van der Waals surface area contributed by atoms with Gasteiger partial charge in [-0.15, -0.1) is 0 Å². The molecule has 0 aromatic heterocycles. The molecule has 0 radical (unpaired) electrons. The van der Waals surface area contributed by atoms with Crippen molar-refractivity contribution in [3.8, 4) is 11.5 Å². The molecule has 0 aliphatic heterocycles. The van der Waals surface area contributed by atoms with Crippen LogP contribution in [0.15, 0.2) is 48.5 Å². The largest absolute Gasteiger partial charge is 0.497 e. The number of hydrogen-bond acceptors (Lipinski definition) is 3. The molecule has 4 nitrogen and oxygen atoms in total. The average molecular weight is 313 g/mol. The molecule has 0 bridgehead atoms. The van der Waals surface area contributed by atoms with E-state index in [9.17, 15) is 4.79 Å². The average Bonchev–Trinajstić information content (AvgIpc) is 2.61. The summed E-state index contributed by atoms with van der Waals surface area (Å²) in [6.45, 7) is 2.02. The van der Waals surface area contributed by atoms with E-state index in [1.807, 2.05) is 62.5 Å². The van der Waals surface area contributed by atoms with E-state index >= 15 is 0 Å². The van der Waals surface area contributed by atoms with Crippen molar-refractivity contribution in [1.82, 2.24) is 4.90 Å². The first-order valence-corrected chi connectivity index (χ1v) is 7.58. The molecule has 122 valence electrons. The van der Waals surface area contributed by atoms with Crippen LogP contribution in [0.4, 0.5) is 0 Å². The quantitative estimate of drug-likeness (QED) is 0.820. The van der Waals surface area contributed by atoms with Crippen molar-refractivity contribution < 1.29 is 14.3 Å². The molecule has 0 aliphatic rings. The predicted molar refractivity (Wildman–Crippen MR) is 90.9 cm³/mol. The molecule has 1 unspecified atom stereocenters. The highest BCUT2D eigenvalue weighted by Crippen LogP contribution is 2.26. The van der Waals surface area contributed by atoms with Gasteiger partial charge in [-0.25, -0.2) is 0 Å². The van der Waals surface area contributed by atoms with Gasteiger partial charge in [-0.3, -0.25) is 4.79 Å². The Bertz CT molecular complexity index is 655. The van der Waals surface area contributed by atoms with E-state index in [1.165, 1.54) is 0 Å². The first-order valence-electron chi connectivity index (χ1n) is 7.58. The number of amides is 1. The van der Waals surface area contributed by atoms with Gasteiger partial charge in [0.15, 0.2) is 0 Å². The maximum absolute atomic E-state index is 12.6. The van der Waals surface area contributed by atoms with Crippen LogP contribution in [0.25, 0.3) is 0 Å². The molecular formula is C19H23NO3. The zero-order valence-electron chi connectivity index (χ0n) is 14.1. The normalized spacial score (nSPS) is 11.7. The van der Waals surface area contributed by atoms with Crippen LogP contribution in [0, 0.1) is 0 Å². The Morgan fingerprint density at radius 3 is 2.39 bits per heavy atom. The van der Waals surface area contributed by atoms with Gasteiger partial charge in [-0.1, -0.05) is 30.3 Å². The molecule has 0 N–H and O–H groups in total. The molecule has 0 saturated carbocycles. The first-order chi connectivity index (χ1) is 11.1. The third-order valence-electron chi connectivity index (χ3n) is 4.09. The fourth-order valence-electron chi connectivity index (χ4n) is 2.48. The Labute approximate surface area is 137 Å². The Morgan fingerprint density at radius 1 is 1.09 bits per heavy atom. The van der Waals surface area contributed by atoms with Crippen molar-refractivity contribution >= 4 is 5.91 Å². The van der Waals surface area contributed by atoms with Crippen LogP contribution < -0.4 is 9.47 Å². The number of carbonyl (C=O) groups excluding carboxylic acids is 1. The summed E-state index contributed by atoms with van der Waals surface area (Å²) in [6.07, 6.45) is 0.272. The summed E-state index contributed by atoms with van der Waals surface area (Å²) < 4.78 is 10.6. The molecule has 23 heavy (non-hydrogen) atoms. The highest BCUT2D eigenvalue weighted by molar-refractivity contribution is 5.80. The number of methoxy groups -OCH3 is 2. The molecular weight excluding hydrogens is 290 g/mol. The van der Waals surface area contributed by atoms with E-state index in [1.54, 1.807) is 19.1 Å². The number of likely N-dealkylation sites (N-methyl/N-ethyl adjacent to an activating group) is 1. The minimum atomic E-state index is 0.0142. The highest BCUT2D eigenvalue weighted by Gasteiger charge is 2.19. The van der Waals surface area contributed by atoms with E-state index < -0.39 is 0 Å². The van der Waals surface area contributed by atoms with Crippen LogP contribution in [0.3, 0.4) is 0 Å². The van der Waals surface area contributed by atoms with Crippen molar-refractivity contribution in [2.75, 3.05) is 21.3 Å². The van der Waals surface area contributed by atoms with E-state index in [-0.39, 0.29) is 18.4 Å². The number of hydrogen-bond donors (Lipinski definition) is 0. The smallest absolute Gasteiger partial charge is 0.227 e. The number of carbonyl (C=O) groups is 1. The van der Waals surface area contributed by atoms with Gasteiger partial charge >= 0.3 is 0 Å². The van der Waals surface area contributed by atoms with Crippen molar-refractivity contribution in [2.24, 2.45) is 0 Å². The highest BCUT2D eigenvalue weighted by atomic mass is 16.5. The molecule has 0 fully saturated rings. The minimum Gasteiger partial charge on any atom is -0.497 e. The molecule has 1 amide bonds. The summed E-state index contributed by atoms with van der Waals surface area (Å²) in [7, 11) is 5.04. The standard InChI is InChI=1S/C19H23NO3/c1-14(15-8-6-5-7-9-15)20(2)19(21)13-16-12-17(22-3)10-11-18(16)23-4/h5-12,14H,13H2,1-4H3. The summed E-state index contributed by atoms with van der Waals surface area (Å²) in [5.74, 6) is 1.44. The third kappa shape index (κ3) is 4.03. The topological polar surface area (TPSA) is 38.8 Å². The van der Waals surface area contributed by atoms with Gasteiger partial charge < -0.3 is 14.4 Å². The van der Waals surface area contributed by atoms with Gasteiger partial charge in [0, 0.05) is 12.6 Å². The zero-order chi connectivity index (χ0) is 16.8. The third-order valence-corrected chi connectivity index (χ3v) is 4.09. The second-order valence-corrected chi connectivity index (χ2v) is 5.45. The number of nitrogens with zero attached hydrogens (tertiary/aromatic N) is 1. The summed E-state index contributed by atoms with van der Waals surface area (Å²) in [5, 5.41) is 0. The Hall–Kier alpha value is -2.49. The van der Waals surface area contributed by atoms with Gasteiger partial charge in [0.2, 0.25) is 5.91 Å². The van der Waals surface area contributed by atoms with Gasteiger partial charge in [-0.05, 0) is 30.7 Å². The first kappa shape index (κ1) is 16.9. The van der Waals surface area contributed by atoms with Crippen LogP contribution in [-0.2, 0) is 11.2 Å². The molecule has 4 heteroatoms. The van der Waals surface area contributed by atoms with Crippen molar-refractivity contribution in [3.05, 3.63) is 59.7 Å². The summed E-state index contributed by atoms with van der Waals surface area (Å²) in [6, 6.07) is 15.5. The second-order valence-electron chi connectivity index (χ2n) is 5.45. The molecule has 2 aromatic carbocycles. The molecule has 0 heterocycles. The summed E-state index contributed by atoms with van der Waals surface area (Å²) in [5.41, 5.74) is 1.94. The molecule has 0 saturated heterocycles. The number of rotatable bonds is 6. The molecule has 0 spiro atoms. The van der Waals surface area contributed by atoms with Crippen molar-refractivity contribution in [3.63, 3.8) is 0 Å². The van der Waals surface area contributed by atoms with E-state index in [0.29, 0.717) is 11.5 Å². The molecule has 0 aliphatic carbocycles. The maximum Gasteiger partial charge on any atom is 0.227 e. The molecule has 2 aromatic rings. The lowest BCUT2D eigenvalue weighted by atomic mass is 10.1. The molecule has 1 atom stereocenters. The van der Waals surface area contributed by atoms with Crippen LogP contribution in [0.1, 0.15) is 24.1 Å². The minimum absolute atomic E-state index is 0.0142. The Kier molecular flexibility index (Phi) is 5.63. The van der Waals surface area contributed by atoms with Crippen molar-refractivity contribution in [1.29, 1.82) is 0 Å². The fraction of sp³-hybridized carbons (Fsp3) is 0.316. The zero-order valence-corrected chi connectivity index (χ0v) is 14.1. The Morgan fingerprint density at radius 2 is 1.78 bits per heavy atom. The number of benzene rings is 2. The SMILES string of the molecule is COc1ccc(OC)c(CC(=O)N(C)C(C)c2ccccc2)c1. The van der Waals surface area contributed by atoms with Gasteiger partial charge in [0.05, 0.1) is 26.7 Å². The van der Waals surface area contributed by atoms with E-state index in [4.69, 9.17) is 9.47 Å². The summed E-state index contributed by atoms with van der Waals surface area (Å²) in [4.78, 5) is 14.4. The van der Waals surface area contributed by atoms with Gasteiger partial charge in [0.25, 0.3) is 0 Å². The maximum atomic E-state index is 12.6. The van der Waals surface area contributed by atoms with Crippen LogP contribution in [0.5, 0.6) is 11.5 Å². The van der Waals surface area contributed by atoms with Crippen LogP contribution in [0.2, 0.25) is 0 Å².